The number of ether oxygens (including phenoxy) is 1. The van der Waals surface area contributed by atoms with Crippen molar-refractivity contribution in [3.05, 3.63) is 27.3 Å². The van der Waals surface area contributed by atoms with Gasteiger partial charge in [-0.25, -0.2) is 14.2 Å². The zero-order valence-corrected chi connectivity index (χ0v) is 9.04. The van der Waals surface area contributed by atoms with Gasteiger partial charge in [0, 0.05) is 6.20 Å². The van der Waals surface area contributed by atoms with Gasteiger partial charge in [0.25, 0.3) is 0 Å². The van der Waals surface area contributed by atoms with Gasteiger partial charge >= 0.3 is 5.97 Å². The molecule has 0 spiro atoms. The number of hydrogen-bond acceptors (Lipinski definition) is 3. The highest BCUT2D eigenvalue weighted by molar-refractivity contribution is 14.1. The van der Waals surface area contributed by atoms with Crippen LogP contribution in [0.2, 0.25) is 0 Å². The number of halogens is 2. The van der Waals surface area contributed by atoms with Crippen LogP contribution in [0.1, 0.15) is 17.3 Å². The smallest absolute Gasteiger partial charge is 0.341 e. The quantitative estimate of drug-likeness (QED) is 0.476. The third kappa shape index (κ3) is 2.36. The molecule has 0 unspecified atom stereocenters. The molecule has 0 atom stereocenters. The van der Waals surface area contributed by atoms with E-state index in [2.05, 4.69) is 9.72 Å². The van der Waals surface area contributed by atoms with E-state index < -0.39 is 11.8 Å². The Bertz CT molecular complexity index is 330. The number of carbonyl (C=O) groups is 1. The number of carbonyl (C=O) groups excluding carboxylic acids is 1. The van der Waals surface area contributed by atoms with Crippen LogP contribution in [-0.2, 0) is 4.74 Å². The van der Waals surface area contributed by atoms with Gasteiger partial charge in [-0.1, -0.05) is 0 Å². The van der Waals surface area contributed by atoms with Gasteiger partial charge in [-0.3, -0.25) is 0 Å². The minimum Gasteiger partial charge on any atom is -0.462 e. The van der Waals surface area contributed by atoms with Crippen molar-refractivity contribution in [2.24, 2.45) is 0 Å². The molecule has 5 heteroatoms. The zero-order chi connectivity index (χ0) is 9.84. The molecular formula is C8H7FINO2. The van der Waals surface area contributed by atoms with Crippen LogP contribution in [0.3, 0.4) is 0 Å². The molecule has 3 nitrogen and oxygen atoms in total. The average molecular weight is 295 g/mol. The molecule has 0 aliphatic heterocycles. The lowest BCUT2D eigenvalue weighted by Crippen LogP contribution is -2.08. The van der Waals surface area contributed by atoms with Crippen LogP contribution in [0.25, 0.3) is 0 Å². The van der Waals surface area contributed by atoms with Crippen LogP contribution in [0.5, 0.6) is 0 Å². The van der Waals surface area contributed by atoms with Crippen LogP contribution in [-0.4, -0.2) is 17.6 Å². The first kappa shape index (κ1) is 10.4. The van der Waals surface area contributed by atoms with Crippen molar-refractivity contribution in [2.45, 2.75) is 6.92 Å². The van der Waals surface area contributed by atoms with Crippen LogP contribution >= 0.6 is 22.6 Å². The lowest BCUT2D eigenvalue weighted by atomic mass is 10.2. The van der Waals surface area contributed by atoms with Gasteiger partial charge in [0.2, 0.25) is 0 Å². The van der Waals surface area contributed by atoms with Crippen LogP contribution < -0.4 is 0 Å². The maximum absolute atomic E-state index is 13.2. The maximum atomic E-state index is 13.2. The largest absolute Gasteiger partial charge is 0.462 e. The van der Waals surface area contributed by atoms with Crippen molar-refractivity contribution in [3.8, 4) is 0 Å². The summed E-state index contributed by atoms with van der Waals surface area (Å²) in [5.41, 5.74) is -0.0683. The van der Waals surface area contributed by atoms with E-state index in [4.69, 9.17) is 0 Å². The first-order valence-corrected chi connectivity index (χ1v) is 4.71. The summed E-state index contributed by atoms with van der Waals surface area (Å²) in [6.45, 7) is 1.90. The Morgan fingerprint density at radius 2 is 2.46 bits per heavy atom. The molecule has 0 saturated carbocycles. The normalized spacial score (nSPS) is 9.77. The van der Waals surface area contributed by atoms with E-state index in [1.54, 1.807) is 29.5 Å². The van der Waals surface area contributed by atoms with E-state index in [0.717, 1.165) is 0 Å². The van der Waals surface area contributed by atoms with Crippen molar-refractivity contribution in [3.63, 3.8) is 0 Å². The molecule has 0 radical (unpaired) electrons. The maximum Gasteiger partial charge on any atom is 0.341 e. The second kappa shape index (κ2) is 4.50. The van der Waals surface area contributed by atoms with Gasteiger partial charge in [0.15, 0.2) is 5.82 Å². The summed E-state index contributed by atoms with van der Waals surface area (Å²) >= 11 is 1.72. The van der Waals surface area contributed by atoms with Crippen molar-refractivity contribution in [1.82, 2.24) is 4.98 Å². The number of hydrogen-bond donors (Lipinski definition) is 0. The Hall–Kier alpha value is -0.720. The third-order valence-corrected chi connectivity index (χ3v) is 2.09. The van der Waals surface area contributed by atoms with Crippen molar-refractivity contribution in [1.29, 1.82) is 0 Å². The highest BCUT2D eigenvalue weighted by atomic mass is 127. The summed E-state index contributed by atoms with van der Waals surface area (Å²) in [6, 6.07) is 1.30. The van der Waals surface area contributed by atoms with E-state index in [-0.39, 0.29) is 15.9 Å². The minimum atomic E-state index is -0.652. The fraction of sp³-hybridized carbons (Fsp3) is 0.250. The van der Waals surface area contributed by atoms with Gasteiger partial charge in [-0.05, 0) is 35.6 Å². The fourth-order valence-electron chi connectivity index (χ4n) is 0.785. The lowest BCUT2D eigenvalue weighted by Gasteiger charge is -2.02. The van der Waals surface area contributed by atoms with Gasteiger partial charge in [0.1, 0.15) is 3.70 Å². The summed E-state index contributed by atoms with van der Waals surface area (Å²) in [7, 11) is 0. The first-order chi connectivity index (χ1) is 6.16. The molecule has 0 aliphatic rings. The van der Waals surface area contributed by atoms with Gasteiger partial charge in [-0.15, -0.1) is 0 Å². The molecule has 1 aromatic rings. The molecule has 0 aromatic carbocycles. The number of pyridine rings is 1. The van der Waals surface area contributed by atoms with Crippen molar-refractivity contribution >= 4 is 28.6 Å². The molecule has 70 valence electrons. The molecule has 13 heavy (non-hydrogen) atoms. The Morgan fingerprint density at radius 3 is 3.08 bits per heavy atom. The molecule has 0 fully saturated rings. The van der Waals surface area contributed by atoms with Gasteiger partial charge in [0.05, 0.1) is 12.2 Å². The van der Waals surface area contributed by atoms with E-state index in [9.17, 15) is 9.18 Å². The summed E-state index contributed by atoms with van der Waals surface area (Å²) in [5.74, 6) is -1.28. The first-order valence-electron chi connectivity index (χ1n) is 3.64. The Labute approximate surface area is 88.4 Å². The standard InChI is InChI=1S/C8H7FINO2/c1-2-13-8(12)5-3-4-11-7(10)6(5)9/h3-4H,2H2,1H3. The lowest BCUT2D eigenvalue weighted by molar-refractivity contribution is 0.0520. The summed E-state index contributed by atoms with van der Waals surface area (Å²) in [6.07, 6.45) is 1.37. The Morgan fingerprint density at radius 1 is 1.77 bits per heavy atom. The number of rotatable bonds is 2. The highest BCUT2D eigenvalue weighted by Gasteiger charge is 2.14. The van der Waals surface area contributed by atoms with E-state index >= 15 is 0 Å². The molecule has 0 amide bonds. The van der Waals surface area contributed by atoms with E-state index in [1.165, 1.54) is 12.3 Å². The molecular weight excluding hydrogens is 288 g/mol. The third-order valence-electron chi connectivity index (χ3n) is 1.34. The predicted molar refractivity (Wildman–Crippen MR) is 52.9 cm³/mol. The second-order valence-corrected chi connectivity index (χ2v) is 3.21. The predicted octanol–water partition coefficient (Wildman–Crippen LogP) is 2.00. The van der Waals surface area contributed by atoms with E-state index in [1.807, 2.05) is 0 Å². The van der Waals surface area contributed by atoms with Crippen LogP contribution in [0.4, 0.5) is 4.39 Å². The number of nitrogens with zero attached hydrogens (tertiary/aromatic N) is 1. The molecule has 0 aliphatic carbocycles. The summed E-state index contributed by atoms with van der Waals surface area (Å²) in [5, 5.41) is 0. The monoisotopic (exact) mass is 295 g/mol. The minimum absolute atomic E-state index is 0.0683. The van der Waals surface area contributed by atoms with E-state index in [0.29, 0.717) is 0 Å². The summed E-state index contributed by atoms with van der Waals surface area (Å²) < 4.78 is 18.0. The number of aromatic nitrogens is 1. The SMILES string of the molecule is CCOC(=O)c1ccnc(I)c1F. The highest BCUT2D eigenvalue weighted by Crippen LogP contribution is 2.13. The van der Waals surface area contributed by atoms with Crippen LogP contribution in [0.15, 0.2) is 12.3 Å². The molecule has 0 saturated heterocycles. The van der Waals surface area contributed by atoms with Crippen molar-refractivity contribution < 1.29 is 13.9 Å². The number of esters is 1. The van der Waals surface area contributed by atoms with Crippen LogP contribution in [0, 0.1) is 9.52 Å². The molecule has 0 bridgehead atoms. The molecule has 1 aromatic heterocycles. The Balaban J connectivity index is 3.01. The van der Waals surface area contributed by atoms with Crippen molar-refractivity contribution in [2.75, 3.05) is 6.61 Å². The van der Waals surface area contributed by atoms with Gasteiger partial charge < -0.3 is 4.74 Å². The summed E-state index contributed by atoms with van der Waals surface area (Å²) in [4.78, 5) is 14.8. The van der Waals surface area contributed by atoms with Gasteiger partial charge in [-0.2, -0.15) is 0 Å². The average Bonchev–Trinajstić information content (AvgIpc) is 2.10. The second-order valence-electron chi connectivity index (χ2n) is 2.18. The topological polar surface area (TPSA) is 39.2 Å². The fourth-order valence-corrected chi connectivity index (χ4v) is 1.24. The zero-order valence-electron chi connectivity index (χ0n) is 6.88. The Kier molecular flexibility index (Phi) is 3.58. The molecule has 0 N–H and O–H groups in total. The molecule has 1 rings (SSSR count). The molecule has 1 heterocycles.